The molecule has 1 aromatic carbocycles. The molecule has 2 N–H and O–H groups in total. The van der Waals surface area contributed by atoms with E-state index < -0.39 is 11.8 Å². The van der Waals surface area contributed by atoms with Crippen molar-refractivity contribution in [3.8, 4) is 0 Å². The molecule has 2 aliphatic rings. The summed E-state index contributed by atoms with van der Waals surface area (Å²) >= 11 is 0. The van der Waals surface area contributed by atoms with Gasteiger partial charge in [0.05, 0.1) is 0 Å². The van der Waals surface area contributed by atoms with Crippen LogP contribution in [0.15, 0.2) is 28.7 Å². The molecule has 4 rings (SSSR count). The molecule has 2 aromatic rings. The molecule has 0 atom stereocenters. The third-order valence-electron chi connectivity index (χ3n) is 6.83. The van der Waals surface area contributed by atoms with Crippen molar-refractivity contribution >= 4 is 29.1 Å². The number of nitrogens with zero attached hydrogens (tertiary/aromatic N) is 2. The monoisotopic (exact) mass is 466 g/mol. The Morgan fingerprint density at radius 1 is 1.06 bits per heavy atom. The number of hydrogen-bond donors (Lipinski definition) is 2. The Kier molecular flexibility index (Phi) is 7.36. The van der Waals surface area contributed by atoms with Crippen molar-refractivity contribution in [3.63, 3.8) is 0 Å². The predicted molar refractivity (Wildman–Crippen MR) is 131 cm³/mol. The summed E-state index contributed by atoms with van der Waals surface area (Å²) in [4.78, 5) is 41.1. The van der Waals surface area contributed by atoms with E-state index in [0.717, 1.165) is 61.7 Å². The van der Waals surface area contributed by atoms with Crippen LogP contribution in [0.25, 0.3) is 0 Å². The third-order valence-corrected chi connectivity index (χ3v) is 6.83. The molecule has 8 heteroatoms. The average Bonchev–Trinajstić information content (AvgIpc) is 3.38. The van der Waals surface area contributed by atoms with Gasteiger partial charge < -0.3 is 20.0 Å². The number of hydrogen-bond acceptors (Lipinski definition) is 5. The van der Waals surface area contributed by atoms with Gasteiger partial charge in [-0.1, -0.05) is 6.07 Å². The first kappa shape index (κ1) is 24.0. The van der Waals surface area contributed by atoms with Crippen molar-refractivity contribution < 1.29 is 18.8 Å². The smallest absolute Gasteiger partial charge is 0.313 e. The van der Waals surface area contributed by atoms with Gasteiger partial charge in [-0.15, -0.1) is 0 Å². The summed E-state index contributed by atoms with van der Waals surface area (Å²) in [6, 6.07) is 7.47. The van der Waals surface area contributed by atoms with Gasteiger partial charge in [-0.05, 0) is 82.8 Å². The van der Waals surface area contributed by atoms with E-state index in [1.54, 1.807) is 17.0 Å². The molecular formula is C26H34N4O4. The number of anilines is 2. The van der Waals surface area contributed by atoms with Gasteiger partial charge in [-0.3, -0.25) is 19.3 Å². The summed E-state index contributed by atoms with van der Waals surface area (Å²) in [6.07, 6.45) is 3.32. The number of benzene rings is 1. The molecule has 0 aliphatic carbocycles. The Bertz CT molecular complexity index is 1070. The number of carbonyl (C=O) groups excluding carboxylic acids is 3. The zero-order chi connectivity index (χ0) is 24.2. The number of carbonyl (C=O) groups is 3. The van der Waals surface area contributed by atoms with E-state index in [4.69, 9.17) is 4.42 Å². The lowest BCUT2D eigenvalue weighted by Crippen LogP contribution is -2.41. The molecule has 2 fully saturated rings. The largest absolute Gasteiger partial charge is 0.466 e. The summed E-state index contributed by atoms with van der Waals surface area (Å²) in [5, 5.41) is 5.46. The Balaban J connectivity index is 1.23. The van der Waals surface area contributed by atoms with Crippen LogP contribution in [0, 0.1) is 26.7 Å². The Labute approximate surface area is 200 Å². The van der Waals surface area contributed by atoms with Crippen molar-refractivity contribution in [2.24, 2.45) is 5.92 Å². The second-order valence-corrected chi connectivity index (χ2v) is 9.47. The fraction of sp³-hybridized carbons (Fsp3) is 0.500. The molecule has 0 bridgehead atoms. The number of likely N-dealkylation sites (tertiary alicyclic amines) is 1. The minimum absolute atomic E-state index is 0.0883. The molecular weight excluding hydrogens is 432 g/mol. The van der Waals surface area contributed by atoms with Gasteiger partial charge in [0.15, 0.2) is 0 Å². The highest BCUT2D eigenvalue weighted by atomic mass is 16.3. The van der Waals surface area contributed by atoms with Gasteiger partial charge in [-0.25, -0.2) is 0 Å². The van der Waals surface area contributed by atoms with Crippen LogP contribution < -0.4 is 15.5 Å². The first-order chi connectivity index (χ1) is 16.3. The Hall–Kier alpha value is -3.13. The van der Waals surface area contributed by atoms with Crippen molar-refractivity contribution in [3.05, 3.63) is 46.9 Å². The van der Waals surface area contributed by atoms with E-state index in [1.807, 2.05) is 26.8 Å². The Morgan fingerprint density at radius 3 is 2.47 bits per heavy atom. The highest BCUT2D eigenvalue weighted by Gasteiger charge is 2.25. The zero-order valence-corrected chi connectivity index (χ0v) is 20.3. The number of aryl methyl sites for hydroxylation is 3. The third kappa shape index (κ3) is 5.67. The van der Waals surface area contributed by atoms with E-state index in [-0.39, 0.29) is 5.91 Å². The molecule has 34 heavy (non-hydrogen) atoms. The summed E-state index contributed by atoms with van der Waals surface area (Å²) in [6.45, 7) is 9.86. The number of nitrogens with one attached hydrogen (secondary N) is 2. The van der Waals surface area contributed by atoms with Crippen molar-refractivity contribution in [1.82, 2.24) is 10.2 Å². The van der Waals surface area contributed by atoms with Gasteiger partial charge >= 0.3 is 11.8 Å². The molecule has 0 radical (unpaired) electrons. The second kappa shape index (κ2) is 10.4. The fourth-order valence-electron chi connectivity index (χ4n) is 4.82. The molecule has 3 heterocycles. The number of furan rings is 1. The lowest BCUT2D eigenvalue weighted by Gasteiger charge is -2.31. The van der Waals surface area contributed by atoms with Gasteiger partial charge in [0, 0.05) is 43.0 Å². The lowest BCUT2D eigenvalue weighted by molar-refractivity contribution is -0.136. The van der Waals surface area contributed by atoms with Crippen LogP contribution in [0.1, 0.15) is 48.3 Å². The van der Waals surface area contributed by atoms with Crippen LogP contribution in [-0.4, -0.2) is 48.8 Å². The normalized spacial score (nSPS) is 17.3. The number of amides is 3. The zero-order valence-electron chi connectivity index (χ0n) is 20.3. The van der Waals surface area contributed by atoms with Crippen LogP contribution in [-0.2, 0) is 20.9 Å². The summed E-state index contributed by atoms with van der Waals surface area (Å²) < 4.78 is 5.62. The molecule has 3 amide bonds. The second-order valence-electron chi connectivity index (χ2n) is 9.47. The van der Waals surface area contributed by atoms with E-state index >= 15 is 0 Å². The summed E-state index contributed by atoms with van der Waals surface area (Å²) in [5.41, 5.74) is 3.49. The lowest BCUT2D eigenvalue weighted by atomic mass is 9.96. The molecule has 182 valence electrons. The first-order valence-corrected chi connectivity index (χ1v) is 12.1. The average molecular weight is 467 g/mol. The fourth-order valence-corrected chi connectivity index (χ4v) is 4.82. The predicted octanol–water partition coefficient (Wildman–Crippen LogP) is 3.30. The summed E-state index contributed by atoms with van der Waals surface area (Å²) in [5.74, 6) is 1.04. The molecule has 8 nitrogen and oxygen atoms in total. The maximum Gasteiger partial charge on any atom is 0.313 e. The van der Waals surface area contributed by atoms with Crippen molar-refractivity contribution in [2.75, 3.05) is 36.4 Å². The van der Waals surface area contributed by atoms with Crippen LogP contribution in [0.3, 0.4) is 0 Å². The molecule has 0 spiro atoms. The number of rotatable bonds is 6. The van der Waals surface area contributed by atoms with Gasteiger partial charge in [0.25, 0.3) is 0 Å². The minimum Gasteiger partial charge on any atom is -0.466 e. The maximum absolute atomic E-state index is 12.4. The summed E-state index contributed by atoms with van der Waals surface area (Å²) in [7, 11) is 0. The van der Waals surface area contributed by atoms with Crippen molar-refractivity contribution in [2.45, 2.75) is 53.0 Å². The minimum atomic E-state index is -0.689. The number of piperidine rings is 1. The van der Waals surface area contributed by atoms with Crippen molar-refractivity contribution in [1.29, 1.82) is 0 Å². The maximum atomic E-state index is 12.4. The van der Waals surface area contributed by atoms with Gasteiger partial charge in [0.2, 0.25) is 5.91 Å². The van der Waals surface area contributed by atoms with Crippen LogP contribution in [0.5, 0.6) is 0 Å². The van der Waals surface area contributed by atoms with Gasteiger partial charge in [0.1, 0.15) is 11.5 Å². The van der Waals surface area contributed by atoms with Crippen LogP contribution in [0.4, 0.5) is 11.4 Å². The van der Waals surface area contributed by atoms with E-state index in [0.29, 0.717) is 31.1 Å². The molecule has 1 aromatic heterocycles. The first-order valence-electron chi connectivity index (χ1n) is 12.1. The highest BCUT2D eigenvalue weighted by Crippen LogP contribution is 2.28. The Morgan fingerprint density at radius 2 is 1.82 bits per heavy atom. The van der Waals surface area contributed by atoms with Crippen LogP contribution >= 0.6 is 0 Å². The standard InChI is InChI=1S/C26H34N4O4/c1-17-6-7-22(14-23(17)30-10-4-5-24(30)31)28-26(33)25(32)27-15-20-8-11-29(12-9-20)16-21-13-18(2)34-19(21)3/h6-7,13-14,20H,4-5,8-12,15-16H2,1-3H3,(H,27,32)(H,28,33). The topological polar surface area (TPSA) is 94.9 Å². The molecule has 0 saturated carbocycles. The molecule has 0 unspecified atom stereocenters. The van der Waals surface area contributed by atoms with Crippen LogP contribution in [0.2, 0.25) is 0 Å². The molecule has 2 aliphatic heterocycles. The van der Waals surface area contributed by atoms with E-state index in [9.17, 15) is 14.4 Å². The molecule has 2 saturated heterocycles. The van der Waals surface area contributed by atoms with E-state index in [2.05, 4.69) is 21.6 Å². The van der Waals surface area contributed by atoms with E-state index in [1.165, 1.54) is 5.56 Å². The quantitative estimate of drug-likeness (QED) is 0.637. The highest BCUT2D eigenvalue weighted by molar-refractivity contribution is 6.39. The van der Waals surface area contributed by atoms with Gasteiger partial charge in [-0.2, -0.15) is 0 Å². The SMILES string of the molecule is Cc1cc(CN2CCC(CNC(=O)C(=O)Nc3ccc(C)c(N4CCCC4=O)c3)CC2)c(C)o1.